The van der Waals surface area contributed by atoms with E-state index in [1.807, 2.05) is 24.3 Å². The van der Waals surface area contributed by atoms with Crippen LogP contribution < -0.4 is 4.74 Å². The number of aromatic hydroxyl groups is 1. The Kier molecular flexibility index (Phi) is 14.4. The molecule has 0 saturated carbocycles. The molecule has 0 aliphatic heterocycles. The van der Waals surface area contributed by atoms with Crippen LogP contribution in [-0.2, 0) is 31.9 Å². The third kappa shape index (κ3) is 12.9. The number of rotatable bonds is 12. The first-order chi connectivity index (χ1) is 15.5. The summed E-state index contributed by atoms with van der Waals surface area (Å²) >= 11 is 1.66. The van der Waals surface area contributed by atoms with Crippen molar-refractivity contribution >= 4 is 23.7 Å². The van der Waals surface area contributed by atoms with Gasteiger partial charge in [-0.1, -0.05) is 24.3 Å². The third-order valence-electron chi connectivity index (χ3n) is 4.28. The van der Waals surface area contributed by atoms with Crippen molar-refractivity contribution in [2.45, 2.75) is 25.7 Å². The van der Waals surface area contributed by atoms with E-state index in [-0.39, 0.29) is 24.3 Å². The van der Waals surface area contributed by atoms with Crippen molar-refractivity contribution < 1.29 is 34.0 Å². The lowest BCUT2D eigenvalue weighted by atomic mass is 10.1. The van der Waals surface area contributed by atoms with Gasteiger partial charge in [0, 0.05) is 24.3 Å². The van der Waals surface area contributed by atoms with Crippen molar-refractivity contribution in [3.05, 3.63) is 59.7 Å². The van der Waals surface area contributed by atoms with E-state index in [1.54, 1.807) is 36.0 Å². The Hall–Kier alpha value is -2.71. The highest BCUT2D eigenvalue weighted by atomic mass is 32.2. The number of carbonyl (C=O) groups excluding carboxylic acids is 2. The number of thioether (sulfide) groups is 1. The number of ether oxygens (including phenoxy) is 3. The molecule has 0 fully saturated rings. The molecule has 0 heterocycles. The molecule has 8 heteroatoms. The van der Waals surface area contributed by atoms with Crippen LogP contribution in [0.1, 0.15) is 24.0 Å². The van der Waals surface area contributed by atoms with E-state index in [9.17, 15) is 9.59 Å². The largest absolute Gasteiger partial charge is 0.508 e. The minimum Gasteiger partial charge on any atom is -0.508 e. The lowest BCUT2D eigenvalue weighted by molar-refractivity contribution is -0.141. The Morgan fingerprint density at radius 3 is 1.78 bits per heavy atom. The molecule has 0 bridgehead atoms. The number of phenols is 1. The van der Waals surface area contributed by atoms with Crippen LogP contribution in [0.3, 0.4) is 0 Å². The molecule has 0 aliphatic carbocycles. The fourth-order valence-electron chi connectivity index (χ4n) is 2.50. The van der Waals surface area contributed by atoms with E-state index < -0.39 is 0 Å². The molecule has 2 N–H and O–H groups in total. The Morgan fingerprint density at radius 2 is 1.31 bits per heavy atom. The normalized spacial score (nSPS) is 9.97. The molecular formula is C24H32O7S. The Morgan fingerprint density at radius 1 is 0.812 bits per heavy atom. The summed E-state index contributed by atoms with van der Waals surface area (Å²) in [4.78, 5) is 21.8. The highest BCUT2D eigenvalue weighted by molar-refractivity contribution is 7.99. The summed E-state index contributed by atoms with van der Waals surface area (Å²) in [6, 6.07) is 14.5. The number of aliphatic hydroxyl groups is 1. The molecule has 0 unspecified atom stereocenters. The predicted molar refractivity (Wildman–Crippen MR) is 125 cm³/mol. The second-order valence-electron chi connectivity index (χ2n) is 6.65. The Balaban J connectivity index is 0.000000343. The molecule has 2 rings (SSSR count). The smallest absolute Gasteiger partial charge is 0.305 e. The van der Waals surface area contributed by atoms with Crippen LogP contribution in [0.5, 0.6) is 11.5 Å². The number of carbonyl (C=O) groups is 2. The van der Waals surface area contributed by atoms with Crippen LogP contribution >= 0.6 is 11.8 Å². The first kappa shape index (κ1) is 27.3. The molecule has 0 amide bonds. The summed E-state index contributed by atoms with van der Waals surface area (Å²) in [6.45, 7) is 0.839. The van der Waals surface area contributed by atoms with Crippen molar-refractivity contribution in [3.63, 3.8) is 0 Å². The van der Waals surface area contributed by atoms with Crippen molar-refractivity contribution in [2.75, 3.05) is 38.9 Å². The number of methoxy groups -OCH3 is 2. The van der Waals surface area contributed by atoms with Gasteiger partial charge in [0.15, 0.2) is 0 Å². The van der Waals surface area contributed by atoms with Crippen molar-refractivity contribution in [3.8, 4) is 11.5 Å². The minimum absolute atomic E-state index is 0.193. The second kappa shape index (κ2) is 16.9. The quantitative estimate of drug-likeness (QED) is 0.364. The van der Waals surface area contributed by atoms with Crippen LogP contribution in [-0.4, -0.2) is 61.1 Å². The summed E-state index contributed by atoms with van der Waals surface area (Å²) < 4.78 is 14.7. The van der Waals surface area contributed by atoms with Gasteiger partial charge in [-0.3, -0.25) is 9.59 Å². The van der Waals surface area contributed by atoms with E-state index in [0.717, 1.165) is 28.4 Å². The van der Waals surface area contributed by atoms with Gasteiger partial charge in [0.2, 0.25) is 0 Å². The Labute approximate surface area is 193 Å². The maximum absolute atomic E-state index is 11.0. The minimum atomic E-state index is -0.215. The number of aliphatic hydroxyl groups excluding tert-OH is 1. The fraction of sp³-hybridized carbons (Fsp3) is 0.417. The van der Waals surface area contributed by atoms with Gasteiger partial charge in [0.1, 0.15) is 11.5 Å². The molecule has 176 valence electrons. The average Bonchev–Trinajstić information content (AvgIpc) is 2.83. The van der Waals surface area contributed by atoms with Gasteiger partial charge in [-0.15, -0.1) is 0 Å². The highest BCUT2D eigenvalue weighted by Gasteiger charge is 2.02. The lowest BCUT2D eigenvalue weighted by Gasteiger charge is -2.07. The summed E-state index contributed by atoms with van der Waals surface area (Å²) in [5.74, 6) is 2.27. The number of phenolic OH excluding ortho intramolecular Hbond substituents is 1. The third-order valence-corrected chi connectivity index (χ3v) is 5.21. The number of hydrogen-bond donors (Lipinski definition) is 2. The van der Waals surface area contributed by atoms with Crippen LogP contribution in [0.4, 0.5) is 0 Å². The van der Waals surface area contributed by atoms with Crippen LogP contribution in [0, 0.1) is 0 Å². The molecule has 32 heavy (non-hydrogen) atoms. The molecule has 0 atom stereocenters. The van der Waals surface area contributed by atoms with Gasteiger partial charge in [0.05, 0.1) is 27.4 Å². The predicted octanol–water partition coefficient (Wildman–Crippen LogP) is 3.39. The molecule has 0 radical (unpaired) electrons. The number of aryl methyl sites for hydroxylation is 2. The zero-order valence-corrected chi connectivity index (χ0v) is 19.4. The van der Waals surface area contributed by atoms with Gasteiger partial charge in [-0.05, 0) is 48.2 Å². The number of hydrogen-bond acceptors (Lipinski definition) is 8. The van der Waals surface area contributed by atoms with Gasteiger partial charge in [-0.25, -0.2) is 0 Å². The molecule has 2 aromatic rings. The summed E-state index contributed by atoms with van der Waals surface area (Å²) in [5.41, 5.74) is 2.11. The monoisotopic (exact) mass is 464 g/mol. The number of esters is 2. The van der Waals surface area contributed by atoms with Gasteiger partial charge < -0.3 is 24.4 Å². The Bertz CT molecular complexity index is 776. The van der Waals surface area contributed by atoms with E-state index in [1.165, 1.54) is 14.2 Å². The average molecular weight is 465 g/mol. The molecule has 7 nitrogen and oxygen atoms in total. The SMILES string of the molecule is COC(=O)CCc1ccc(O)cc1.COC(=O)CCc1ccc(OCCSCCO)cc1. The van der Waals surface area contributed by atoms with Gasteiger partial charge >= 0.3 is 11.9 Å². The summed E-state index contributed by atoms with van der Waals surface area (Å²) in [5, 5.41) is 17.6. The maximum atomic E-state index is 11.0. The standard InChI is InChI=1S/C14H20O4S.C10H12O3/c1-17-14(16)7-4-12-2-5-13(6-3-12)18-9-11-19-10-8-15;1-13-10(12)7-4-8-2-5-9(11)6-3-8/h2-3,5-6,15H,4,7-11H2,1H3;2-3,5-6,11H,4,7H2,1H3. The van der Waals surface area contributed by atoms with Gasteiger partial charge in [0.25, 0.3) is 0 Å². The zero-order chi connectivity index (χ0) is 23.6. The number of benzene rings is 2. The van der Waals surface area contributed by atoms with Gasteiger partial charge in [-0.2, -0.15) is 11.8 Å². The highest BCUT2D eigenvalue weighted by Crippen LogP contribution is 2.14. The second-order valence-corrected chi connectivity index (χ2v) is 7.87. The molecule has 0 aromatic heterocycles. The lowest BCUT2D eigenvalue weighted by Crippen LogP contribution is -2.03. The molecule has 0 saturated heterocycles. The maximum Gasteiger partial charge on any atom is 0.305 e. The zero-order valence-electron chi connectivity index (χ0n) is 18.6. The van der Waals surface area contributed by atoms with Crippen LogP contribution in [0.2, 0.25) is 0 Å². The van der Waals surface area contributed by atoms with Crippen molar-refractivity contribution in [1.82, 2.24) is 0 Å². The van der Waals surface area contributed by atoms with Crippen molar-refractivity contribution in [1.29, 1.82) is 0 Å². The first-order valence-electron chi connectivity index (χ1n) is 10.3. The van der Waals surface area contributed by atoms with E-state index in [4.69, 9.17) is 14.9 Å². The van der Waals surface area contributed by atoms with E-state index >= 15 is 0 Å². The van der Waals surface area contributed by atoms with Crippen molar-refractivity contribution in [2.24, 2.45) is 0 Å². The van der Waals surface area contributed by atoms with E-state index in [2.05, 4.69) is 9.47 Å². The topological polar surface area (TPSA) is 102 Å². The summed E-state index contributed by atoms with van der Waals surface area (Å²) in [7, 11) is 2.77. The molecule has 2 aromatic carbocycles. The summed E-state index contributed by atoms with van der Waals surface area (Å²) in [6.07, 6.45) is 2.10. The molecule has 0 spiro atoms. The molecule has 0 aliphatic rings. The fourth-order valence-corrected chi connectivity index (χ4v) is 3.03. The van der Waals surface area contributed by atoms with Crippen LogP contribution in [0.25, 0.3) is 0 Å². The van der Waals surface area contributed by atoms with Crippen LogP contribution in [0.15, 0.2) is 48.5 Å². The molecular weight excluding hydrogens is 432 g/mol. The first-order valence-corrected chi connectivity index (χ1v) is 11.5. The van der Waals surface area contributed by atoms with E-state index in [0.29, 0.717) is 32.3 Å².